The van der Waals surface area contributed by atoms with Crippen molar-refractivity contribution < 1.29 is 27.6 Å². The van der Waals surface area contributed by atoms with Gasteiger partial charge < -0.3 is 15.5 Å². The van der Waals surface area contributed by atoms with E-state index in [1.807, 2.05) is 0 Å². The van der Waals surface area contributed by atoms with Gasteiger partial charge in [-0.15, -0.1) is 6.58 Å². The van der Waals surface area contributed by atoms with Gasteiger partial charge in [0.15, 0.2) is 0 Å². The number of nitrogens with zero attached hydrogens (tertiary/aromatic N) is 3. The zero-order valence-electron chi connectivity index (χ0n) is 21.0. The Kier molecular flexibility index (Phi) is 7.56. The van der Waals surface area contributed by atoms with E-state index in [1.165, 1.54) is 34.1 Å². The molecule has 0 bridgehead atoms. The van der Waals surface area contributed by atoms with Crippen molar-refractivity contribution in [3.8, 4) is 0 Å². The van der Waals surface area contributed by atoms with Gasteiger partial charge in [0.05, 0.1) is 29.4 Å². The Labute approximate surface area is 218 Å². The van der Waals surface area contributed by atoms with E-state index >= 15 is 0 Å². The predicted octanol–water partition coefficient (Wildman–Crippen LogP) is 3.79. The number of halogens is 3. The topological polar surface area (TPSA) is 94.6 Å². The summed E-state index contributed by atoms with van der Waals surface area (Å²) in [5, 5.41) is 5.40. The number of nitrogens with one attached hydrogen (secondary N) is 2. The fourth-order valence-corrected chi connectivity index (χ4v) is 4.90. The van der Waals surface area contributed by atoms with Crippen LogP contribution in [0, 0.1) is 5.92 Å². The largest absolute Gasteiger partial charge is 0.416 e. The molecule has 4 rings (SSSR count). The number of carbonyl (C=O) groups is 3. The summed E-state index contributed by atoms with van der Waals surface area (Å²) in [7, 11) is 0. The molecule has 2 unspecified atom stereocenters. The fourth-order valence-electron chi connectivity index (χ4n) is 4.90. The summed E-state index contributed by atoms with van der Waals surface area (Å²) in [6, 6.07) is 5.46. The van der Waals surface area contributed by atoms with E-state index in [0.29, 0.717) is 0 Å². The number of carbonyl (C=O) groups excluding carboxylic acids is 3. The molecule has 1 aromatic heterocycles. The van der Waals surface area contributed by atoms with Crippen molar-refractivity contribution in [1.29, 1.82) is 0 Å². The number of aromatic nitrogens is 1. The van der Waals surface area contributed by atoms with E-state index in [2.05, 4.69) is 22.2 Å². The number of hydrogen-bond acceptors (Lipinski definition) is 4. The van der Waals surface area contributed by atoms with Gasteiger partial charge in [0.2, 0.25) is 5.91 Å². The first-order valence-electron chi connectivity index (χ1n) is 12.1. The molecular weight excluding hydrogens is 499 g/mol. The van der Waals surface area contributed by atoms with E-state index < -0.39 is 41.7 Å². The monoisotopic (exact) mass is 527 g/mol. The maximum atomic E-state index is 13.9. The van der Waals surface area contributed by atoms with Gasteiger partial charge in [-0.3, -0.25) is 19.5 Å². The number of amides is 4. The highest BCUT2D eigenvalue weighted by molar-refractivity contribution is 6.03. The molecule has 11 heteroatoms. The maximum Gasteiger partial charge on any atom is 0.416 e. The molecule has 0 aliphatic carbocycles. The molecule has 38 heavy (non-hydrogen) atoms. The number of rotatable bonds is 8. The molecule has 2 aliphatic heterocycles. The molecule has 2 N–H and O–H groups in total. The van der Waals surface area contributed by atoms with Gasteiger partial charge in [0.1, 0.15) is 6.04 Å². The first-order valence-corrected chi connectivity index (χ1v) is 12.1. The minimum absolute atomic E-state index is 0.00820. The molecule has 0 spiro atoms. The van der Waals surface area contributed by atoms with Gasteiger partial charge in [-0.05, 0) is 29.2 Å². The van der Waals surface area contributed by atoms with Gasteiger partial charge in [-0.2, -0.15) is 13.2 Å². The average Bonchev–Trinajstić information content (AvgIpc) is 3.20. The van der Waals surface area contributed by atoms with Crippen molar-refractivity contribution in [2.24, 2.45) is 5.92 Å². The molecule has 8 nitrogen and oxygen atoms in total. The van der Waals surface area contributed by atoms with Crippen molar-refractivity contribution in [2.75, 3.05) is 13.1 Å². The number of hydrogen-bond donors (Lipinski definition) is 2. The Morgan fingerprint density at radius 3 is 2.61 bits per heavy atom. The van der Waals surface area contributed by atoms with Gasteiger partial charge in [0, 0.05) is 25.5 Å². The van der Waals surface area contributed by atoms with Crippen LogP contribution < -0.4 is 10.6 Å². The van der Waals surface area contributed by atoms with Crippen molar-refractivity contribution >= 4 is 17.8 Å². The second-order valence-electron chi connectivity index (χ2n) is 9.43. The highest BCUT2D eigenvalue weighted by Gasteiger charge is 2.49. The maximum absolute atomic E-state index is 13.9. The second kappa shape index (κ2) is 10.7. The van der Waals surface area contributed by atoms with E-state index in [-0.39, 0.29) is 42.4 Å². The van der Waals surface area contributed by atoms with Crippen LogP contribution in [0.25, 0.3) is 0 Å². The van der Waals surface area contributed by atoms with Crippen LogP contribution in [0.1, 0.15) is 36.6 Å². The molecule has 2 aromatic rings. The molecule has 3 heterocycles. The Bertz CT molecular complexity index is 1280. The summed E-state index contributed by atoms with van der Waals surface area (Å²) in [5.74, 6) is -1.35. The molecule has 4 amide bonds. The molecular formula is C27H28F3N5O3. The quantitative estimate of drug-likeness (QED) is 0.511. The van der Waals surface area contributed by atoms with Crippen molar-refractivity contribution in [3.05, 3.63) is 89.4 Å². The first kappa shape index (κ1) is 26.9. The molecule has 0 fully saturated rings. The second-order valence-corrected chi connectivity index (χ2v) is 9.43. The molecule has 0 saturated carbocycles. The summed E-state index contributed by atoms with van der Waals surface area (Å²) in [6.07, 6.45) is -0.0196. The lowest BCUT2D eigenvalue weighted by Gasteiger charge is -2.33. The summed E-state index contributed by atoms with van der Waals surface area (Å²) in [4.78, 5) is 46.8. The van der Waals surface area contributed by atoms with E-state index in [1.54, 1.807) is 38.4 Å². The molecule has 0 radical (unpaired) electrons. The van der Waals surface area contributed by atoms with Crippen LogP contribution in [0.3, 0.4) is 0 Å². The van der Waals surface area contributed by atoms with E-state index in [4.69, 9.17) is 0 Å². The van der Waals surface area contributed by atoms with Crippen molar-refractivity contribution in [1.82, 2.24) is 25.4 Å². The van der Waals surface area contributed by atoms with E-state index in [0.717, 1.165) is 11.6 Å². The fraction of sp³-hybridized carbons (Fsp3) is 0.333. The van der Waals surface area contributed by atoms with Crippen molar-refractivity contribution in [2.45, 2.75) is 38.7 Å². The minimum atomic E-state index is -4.70. The summed E-state index contributed by atoms with van der Waals surface area (Å²) < 4.78 is 41.6. The first-order chi connectivity index (χ1) is 18.0. The number of urea groups is 1. The van der Waals surface area contributed by atoms with Crippen LogP contribution >= 0.6 is 0 Å². The van der Waals surface area contributed by atoms with Crippen LogP contribution in [-0.4, -0.2) is 51.8 Å². The Morgan fingerprint density at radius 2 is 1.97 bits per heavy atom. The zero-order valence-corrected chi connectivity index (χ0v) is 21.0. The highest BCUT2D eigenvalue weighted by atomic mass is 19.4. The Morgan fingerprint density at radius 1 is 1.24 bits per heavy atom. The van der Waals surface area contributed by atoms with Crippen LogP contribution in [-0.2, 0) is 22.3 Å². The zero-order chi connectivity index (χ0) is 27.6. The lowest BCUT2D eigenvalue weighted by Crippen LogP contribution is -2.51. The van der Waals surface area contributed by atoms with Crippen LogP contribution in [0.15, 0.2) is 72.7 Å². The number of pyridine rings is 1. The summed E-state index contributed by atoms with van der Waals surface area (Å²) >= 11 is 0. The van der Waals surface area contributed by atoms with Crippen LogP contribution in [0.4, 0.5) is 18.0 Å². The number of benzene rings is 1. The third-order valence-corrected chi connectivity index (χ3v) is 6.56. The molecule has 2 atom stereocenters. The van der Waals surface area contributed by atoms with Crippen molar-refractivity contribution in [3.63, 3.8) is 0 Å². The van der Waals surface area contributed by atoms with Crippen LogP contribution in [0.2, 0.25) is 0 Å². The Hall–Kier alpha value is -4.15. The molecule has 1 aromatic carbocycles. The normalized spacial score (nSPS) is 18.4. The third-order valence-electron chi connectivity index (χ3n) is 6.56. The smallest absolute Gasteiger partial charge is 0.350 e. The third kappa shape index (κ3) is 5.13. The lowest BCUT2D eigenvalue weighted by molar-refractivity contribution is -0.139. The van der Waals surface area contributed by atoms with Gasteiger partial charge in [-0.25, -0.2) is 4.79 Å². The van der Waals surface area contributed by atoms with Gasteiger partial charge >= 0.3 is 12.2 Å². The predicted molar refractivity (Wildman–Crippen MR) is 133 cm³/mol. The minimum Gasteiger partial charge on any atom is -0.350 e. The van der Waals surface area contributed by atoms with Gasteiger partial charge in [-0.1, -0.05) is 44.2 Å². The molecule has 200 valence electrons. The summed E-state index contributed by atoms with van der Waals surface area (Å²) in [5.41, 5.74) is -0.156. The molecule has 0 saturated heterocycles. The number of alkyl halides is 3. The SMILES string of the molecule is C=CCN1C(=O)NC(c2ccccc2C(F)(F)F)C2=C1CN(C(C(=O)NCc1cccnc1)C(C)C)C2=O. The van der Waals surface area contributed by atoms with E-state index in [9.17, 15) is 27.6 Å². The lowest BCUT2D eigenvalue weighted by atomic mass is 9.91. The van der Waals surface area contributed by atoms with Gasteiger partial charge in [0.25, 0.3) is 5.91 Å². The summed E-state index contributed by atoms with van der Waals surface area (Å²) in [6.45, 7) is 7.33. The standard InChI is InChI=1S/C27H28F3N5O3/c1-4-12-34-20-15-35(23(16(2)3)24(36)32-14-17-8-7-11-31-13-17)25(37)21(20)22(33-26(34)38)18-9-5-6-10-19(18)27(28,29)30/h4-11,13,16,22-23H,1,12,14-15H2,2-3H3,(H,32,36)(H,33,38). The Balaban J connectivity index is 1.71. The average molecular weight is 528 g/mol. The highest BCUT2D eigenvalue weighted by Crippen LogP contribution is 2.42. The van der Waals surface area contributed by atoms with Crippen LogP contribution in [0.5, 0.6) is 0 Å². The molecule has 2 aliphatic rings.